The van der Waals surface area contributed by atoms with Crippen molar-refractivity contribution in [1.82, 2.24) is 5.32 Å². The third-order valence-corrected chi connectivity index (χ3v) is 5.69. The van der Waals surface area contributed by atoms with Crippen LogP contribution in [-0.4, -0.2) is 31.5 Å². The highest BCUT2D eigenvalue weighted by Gasteiger charge is 2.27. The molecule has 28 heavy (non-hydrogen) atoms. The van der Waals surface area contributed by atoms with Crippen LogP contribution in [0.25, 0.3) is 0 Å². The molecule has 1 amide bonds. The number of carbonyl (C=O) groups is 3. The Morgan fingerprint density at radius 3 is 2.61 bits per heavy atom. The number of nitrogens with two attached hydrogens (primary N) is 1. The molecule has 148 valence electrons. The molecule has 1 heterocycles. The molecule has 0 saturated heterocycles. The van der Waals surface area contributed by atoms with Crippen LogP contribution >= 0.6 is 11.3 Å². The van der Waals surface area contributed by atoms with Gasteiger partial charge in [-0.1, -0.05) is 6.07 Å². The second-order valence-corrected chi connectivity index (χ2v) is 7.41. The van der Waals surface area contributed by atoms with Crippen molar-refractivity contribution in [3.63, 3.8) is 0 Å². The first kappa shape index (κ1) is 19.9. The van der Waals surface area contributed by atoms with E-state index in [1.807, 2.05) is 12.1 Å². The van der Waals surface area contributed by atoms with Crippen molar-refractivity contribution in [3.05, 3.63) is 50.9 Å². The Labute approximate surface area is 166 Å². The molecule has 3 rings (SSSR count). The molecule has 0 fully saturated rings. The van der Waals surface area contributed by atoms with Crippen LogP contribution in [0.4, 0.5) is 5.00 Å². The van der Waals surface area contributed by atoms with Gasteiger partial charge in [0.1, 0.15) is 22.0 Å². The normalized spacial score (nSPS) is 12.4. The van der Waals surface area contributed by atoms with Gasteiger partial charge in [0, 0.05) is 12.6 Å². The molecule has 0 bridgehead atoms. The molecule has 3 N–H and O–H groups in total. The van der Waals surface area contributed by atoms with E-state index in [4.69, 9.17) is 15.2 Å². The zero-order valence-corrected chi connectivity index (χ0v) is 16.6. The number of hydrogen-bond acceptors (Lipinski definition) is 7. The number of amides is 1. The second-order valence-electron chi connectivity index (χ2n) is 6.36. The number of carbonyl (C=O) groups excluding carboxylic acids is 3. The minimum Gasteiger partial charge on any atom is -0.462 e. The van der Waals surface area contributed by atoms with E-state index in [0.29, 0.717) is 5.56 Å². The van der Waals surface area contributed by atoms with Crippen molar-refractivity contribution in [2.75, 3.05) is 19.4 Å². The third kappa shape index (κ3) is 3.87. The van der Waals surface area contributed by atoms with Crippen LogP contribution in [-0.2, 0) is 28.9 Å². The van der Waals surface area contributed by atoms with Crippen LogP contribution < -0.4 is 11.1 Å². The monoisotopic (exact) mass is 402 g/mol. The summed E-state index contributed by atoms with van der Waals surface area (Å²) >= 11 is 0.965. The van der Waals surface area contributed by atoms with Gasteiger partial charge in [-0.2, -0.15) is 0 Å². The summed E-state index contributed by atoms with van der Waals surface area (Å²) < 4.78 is 10.4. The van der Waals surface area contributed by atoms with Gasteiger partial charge >= 0.3 is 11.9 Å². The number of rotatable bonds is 6. The summed E-state index contributed by atoms with van der Waals surface area (Å²) in [6, 6.07) is 5.53. The maximum atomic E-state index is 12.5. The largest absolute Gasteiger partial charge is 0.462 e. The predicted octanol–water partition coefficient (Wildman–Crippen LogP) is 2.71. The maximum absolute atomic E-state index is 12.5. The highest BCUT2D eigenvalue weighted by molar-refractivity contribution is 7.18. The molecule has 0 atom stereocenters. The molecule has 2 aromatic rings. The zero-order chi connectivity index (χ0) is 20.3. The molecule has 1 aliphatic rings. The van der Waals surface area contributed by atoms with Crippen molar-refractivity contribution < 1.29 is 23.9 Å². The Hall–Kier alpha value is -2.87. The molecule has 0 aliphatic heterocycles. The fraction of sp³-hybridized carbons (Fsp3) is 0.350. The SMILES string of the molecule is CCOC(=O)c1c(N)sc(C(=O)NC)c1COC(=O)c1ccc2c(c1)CCC2. The smallest absolute Gasteiger partial charge is 0.341 e. The Morgan fingerprint density at radius 1 is 1.14 bits per heavy atom. The first-order chi connectivity index (χ1) is 13.5. The highest BCUT2D eigenvalue weighted by atomic mass is 32.1. The second kappa shape index (κ2) is 8.43. The number of esters is 2. The Balaban J connectivity index is 1.85. The molecule has 7 nitrogen and oxygen atoms in total. The highest BCUT2D eigenvalue weighted by Crippen LogP contribution is 2.33. The van der Waals surface area contributed by atoms with Crippen LogP contribution in [0.1, 0.15) is 60.4 Å². The fourth-order valence-electron chi connectivity index (χ4n) is 3.27. The van der Waals surface area contributed by atoms with Gasteiger partial charge in [-0.05, 0) is 49.4 Å². The van der Waals surface area contributed by atoms with Gasteiger partial charge in [-0.15, -0.1) is 11.3 Å². The van der Waals surface area contributed by atoms with Crippen LogP contribution in [0.3, 0.4) is 0 Å². The molecule has 0 spiro atoms. The van der Waals surface area contributed by atoms with Crippen molar-refractivity contribution in [2.24, 2.45) is 0 Å². The van der Waals surface area contributed by atoms with Crippen molar-refractivity contribution in [1.29, 1.82) is 0 Å². The van der Waals surface area contributed by atoms with Crippen molar-refractivity contribution >= 4 is 34.2 Å². The summed E-state index contributed by atoms with van der Waals surface area (Å²) in [4.78, 5) is 37.2. The molecule has 1 aromatic heterocycles. The zero-order valence-electron chi connectivity index (χ0n) is 15.8. The quantitative estimate of drug-likeness (QED) is 0.720. The lowest BCUT2D eigenvalue weighted by Gasteiger charge is -2.09. The van der Waals surface area contributed by atoms with E-state index in [1.54, 1.807) is 13.0 Å². The van der Waals surface area contributed by atoms with Gasteiger partial charge in [0.2, 0.25) is 0 Å². The minimum absolute atomic E-state index is 0.0761. The molecule has 1 aromatic carbocycles. The molecule has 1 aliphatic carbocycles. The summed E-state index contributed by atoms with van der Waals surface area (Å²) in [5, 5.41) is 2.66. The van der Waals surface area contributed by atoms with Crippen LogP contribution in [0.2, 0.25) is 0 Å². The number of anilines is 1. The van der Waals surface area contributed by atoms with E-state index < -0.39 is 17.8 Å². The molecule has 0 unspecified atom stereocenters. The van der Waals surface area contributed by atoms with Gasteiger partial charge in [-0.25, -0.2) is 9.59 Å². The summed E-state index contributed by atoms with van der Waals surface area (Å²) in [5.74, 6) is -1.57. The van der Waals surface area contributed by atoms with E-state index in [2.05, 4.69) is 5.32 Å². The van der Waals surface area contributed by atoms with Gasteiger partial charge in [0.15, 0.2) is 0 Å². The molecular formula is C20H22N2O5S. The lowest BCUT2D eigenvalue weighted by Crippen LogP contribution is -2.20. The van der Waals surface area contributed by atoms with E-state index in [9.17, 15) is 14.4 Å². The maximum Gasteiger partial charge on any atom is 0.341 e. The number of benzene rings is 1. The van der Waals surface area contributed by atoms with Gasteiger partial charge < -0.3 is 20.5 Å². The fourth-order valence-corrected chi connectivity index (χ4v) is 4.27. The van der Waals surface area contributed by atoms with E-state index in [1.165, 1.54) is 12.6 Å². The third-order valence-electron chi connectivity index (χ3n) is 4.63. The average molecular weight is 402 g/mol. The van der Waals surface area contributed by atoms with Gasteiger partial charge in [0.25, 0.3) is 5.91 Å². The molecule has 8 heteroatoms. The first-order valence-corrected chi connectivity index (χ1v) is 9.87. The number of thiophene rings is 1. The number of fused-ring (bicyclic) bond motifs is 1. The van der Waals surface area contributed by atoms with Crippen LogP contribution in [0, 0.1) is 0 Å². The molecule has 0 saturated carbocycles. The standard InChI is InChI=1S/C20H22N2O5S/c1-3-26-20(25)15-14(16(18(23)22-2)28-17(15)21)10-27-19(24)13-8-7-11-5-4-6-12(11)9-13/h7-9H,3-6,10,21H2,1-2H3,(H,22,23). The summed E-state index contributed by atoms with van der Waals surface area (Å²) in [6.07, 6.45) is 3.06. The lowest BCUT2D eigenvalue weighted by atomic mass is 10.1. The Kier molecular flexibility index (Phi) is 5.99. The van der Waals surface area contributed by atoms with Crippen LogP contribution in [0.15, 0.2) is 18.2 Å². The molecular weight excluding hydrogens is 380 g/mol. The van der Waals surface area contributed by atoms with Gasteiger partial charge in [-0.3, -0.25) is 4.79 Å². The number of aryl methyl sites for hydroxylation is 2. The van der Waals surface area contributed by atoms with Crippen molar-refractivity contribution in [3.8, 4) is 0 Å². The number of nitrogens with one attached hydrogen (secondary N) is 1. The van der Waals surface area contributed by atoms with E-state index in [-0.39, 0.29) is 34.2 Å². The lowest BCUT2D eigenvalue weighted by molar-refractivity contribution is 0.0449. The minimum atomic E-state index is -0.644. The Morgan fingerprint density at radius 2 is 1.89 bits per heavy atom. The topological polar surface area (TPSA) is 108 Å². The summed E-state index contributed by atoms with van der Waals surface area (Å²) in [6.45, 7) is 1.59. The molecule has 0 radical (unpaired) electrons. The van der Waals surface area contributed by atoms with E-state index in [0.717, 1.165) is 36.2 Å². The summed E-state index contributed by atoms with van der Waals surface area (Å²) in [5.41, 5.74) is 9.14. The predicted molar refractivity (Wildman–Crippen MR) is 106 cm³/mol. The number of ether oxygens (including phenoxy) is 2. The number of nitrogen functional groups attached to an aromatic ring is 1. The average Bonchev–Trinajstić information content (AvgIpc) is 3.28. The first-order valence-electron chi connectivity index (χ1n) is 9.05. The Bertz CT molecular complexity index is 935. The van der Waals surface area contributed by atoms with Crippen LogP contribution in [0.5, 0.6) is 0 Å². The van der Waals surface area contributed by atoms with Gasteiger partial charge in [0.05, 0.1) is 12.2 Å². The number of hydrogen-bond donors (Lipinski definition) is 2. The van der Waals surface area contributed by atoms with Crippen molar-refractivity contribution in [2.45, 2.75) is 32.8 Å². The van der Waals surface area contributed by atoms with E-state index >= 15 is 0 Å². The summed E-state index contributed by atoms with van der Waals surface area (Å²) in [7, 11) is 1.47.